The first-order chi connectivity index (χ1) is 12.8. The molecule has 27 heavy (non-hydrogen) atoms. The second-order valence-electron chi connectivity index (χ2n) is 5.68. The van der Waals surface area contributed by atoms with Crippen molar-refractivity contribution in [3.63, 3.8) is 0 Å². The molecule has 1 heterocycles. The summed E-state index contributed by atoms with van der Waals surface area (Å²) < 4.78 is 27.6. The molecule has 1 atom stereocenters. The van der Waals surface area contributed by atoms with E-state index in [4.69, 9.17) is 16.9 Å². The van der Waals surface area contributed by atoms with E-state index in [9.17, 15) is 13.5 Å². The second-order valence-corrected chi connectivity index (χ2v) is 8.60. The number of hydrogen-bond acceptors (Lipinski definition) is 6. The molecule has 3 aromatic rings. The van der Waals surface area contributed by atoms with Crippen molar-refractivity contribution in [1.29, 1.82) is 5.26 Å². The maximum absolute atomic E-state index is 12.6. The zero-order chi connectivity index (χ0) is 19.6. The third-order valence-corrected chi connectivity index (χ3v) is 6.68. The van der Waals surface area contributed by atoms with E-state index in [0.717, 1.165) is 11.3 Å². The van der Waals surface area contributed by atoms with Crippen LogP contribution in [0.15, 0.2) is 52.7 Å². The molecule has 0 saturated carbocycles. The molecule has 2 aromatic carbocycles. The molecule has 0 aliphatic rings. The maximum atomic E-state index is 12.6. The first kappa shape index (κ1) is 19.3. The maximum Gasteiger partial charge on any atom is 0.263 e. The standard InChI is InChI=1S/C18H14ClN3O3S2/c1-11-14(19)3-2-4-16(11)27(24,25)22-18-21-15(10-26-18)17(23)13-7-5-12(9-20)6-8-13/h2-8,10,17,23H,1H3,(H,21,22). The lowest BCUT2D eigenvalue weighted by Crippen LogP contribution is -2.14. The van der Waals surface area contributed by atoms with Gasteiger partial charge in [0.15, 0.2) is 5.13 Å². The Bertz CT molecular complexity index is 1120. The summed E-state index contributed by atoms with van der Waals surface area (Å²) in [5.41, 5.74) is 1.79. The first-order valence-electron chi connectivity index (χ1n) is 7.73. The zero-order valence-electron chi connectivity index (χ0n) is 14.0. The molecule has 0 saturated heterocycles. The minimum absolute atomic E-state index is 0.0689. The van der Waals surface area contributed by atoms with Gasteiger partial charge < -0.3 is 5.11 Å². The number of sulfonamides is 1. The molecule has 2 N–H and O–H groups in total. The normalized spacial score (nSPS) is 12.4. The molecular weight excluding hydrogens is 406 g/mol. The van der Waals surface area contributed by atoms with Gasteiger partial charge in [0.1, 0.15) is 6.10 Å². The monoisotopic (exact) mass is 419 g/mol. The van der Waals surface area contributed by atoms with Crippen molar-refractivity contribution in [2.24, 2.45) is 0 Å². The number of benzene rings is 2. The predicted molar refractivity (Wildman–Crippen MR) is 104 cm³/mol. The van der Waals surface area contributed by atoms with Crippen LogP contribution in [0.5, 0.6) is 0 Å². The molecule has 0 amide bonds. The SMILES string of the molecule is Cc1c(Cl)cccc1S(=O)(=O)Nc1nc(C(O)c2ccc(C#N)cc2)cs1. The van der Waals surface area contributed by atoms with Gasteiger partial charge >= 0.3 is 0 Å². The average Bonchev–Trinajstić information content (AvgIpc) is 3.11. The molecule has 0 spiro atoms. The molecular formula is C18H14ClN3O3S2. The summed E-state index contributed by atoms with van der Waals surface area (Å²) >= 11 is 7.06. The van der Waals surface area contributed by atoms with Crippen molar-refractivity contribution in [3.05, 3.63) is 75.3 Å². The molecule has 1 aromatic heterocycles. The highest BCUT2D eigenvalue weighted by molar-refractivity contribution is 7.93. The Morgan fingerprint density at radius 3 is 2.63 bits per heavy atom. The van der Waals surface area contributed by atoms with Gasteiger partial charge in [-0.15, -0.1) is 11.3 Å². The highest BCUT2D eigenvalue weighted by atomic mass is 35.5. The van der Waals surface area contributed by atoms with Crippen molar-refractivity contribution in [1.82, 2.24) is 4.98 Å². The number of nitrogens with one attached hydrogen (secondary N) is 1. The number of aliphatic hydroxyl groups excluding tert-OH is 1. The lowest BCUT2D eigenvalue weighted by molar-refractivity contribution is 0.216. The number of aromatic nitrogens is 1. The third kappa shape index (κ3) is 4.12. The van der Waals surface area contributed by atoms with Crippen LogP contribution in [-0.4, -0.2) is 18.5 Å². The van der Waals surface area contributed by atoms with Crippen LogP contribution in [0.1, 0.15) is 28.5 Å². The minimum atomic E-state index is -3.86. The van der Waals surface area contributed by atoms with Crippen molar-refractivity contribution in [2.75, 3.05) is 4.72 Å². The fourth-order valence-electron chi connectivity index (χ4n) is 2.42. The van der Waals surface area contributed by atoms with Gasteiger partial charge in [0.2, 0.25) is 0 Å². The molecule has 0 aliphatic carbocycles. The lowest BCUT2D eigenvalue weighted by Gasteiger charge is -2.10. The summed E-state index contributed by atoms with van der Waals surface area (Å²) in [6.07, 6.45) is -1.03. The van der Waals surface area contributed by atoms with Crippen LogP contribution in [0, 0.1) is 18.3 Å². The summed E-state index contributed by atoms with van der Waals surface area (Å²) in [6, 6.07) is 13.1. The topological polar surface area (TPSA) is 103 Å². The highest BCUT2D eigenvalue weighted by Crippen LogP contribution is 2.29. The van der Waals surface area contributed by atoms with E-state index in [1.165, 1.54) is 6.07 Å². The van der Waals surface area contributed by atoms with Gasteiger partial charge in [-0.1, -0.05) is 29.8 Å². The number of nitrogens with zero attached hydrogens (tertiary/aromatic N) is 2. The Morgan fingerprint density at radius 2 is 1.96 bits per heavy atom. The zero-order valence-corrected chi connectivity index (χ0v) is 16.4. The molecule has 3 rings (SSSR count). The van der Waals surface area contributed by atoms with E-state index in [1.807, 2.05) is 6.07 Å². The van der Waals surface area contributed by atoms with Gasteiger partial charge in [-0.25, -0.2) is 13.4 Å². The number of halogens is 1. The highest BCUT2D eigenvalue weighted by Gasteiger charge is 2.21. The molecule has 0 radical (unpaired) electrons. The van der Waals surface area contributed by atoms with Crippen LogP contribution in [0.25, 0.3) is 0 Å². The summed E-state index contributed by atoms with van der Waals surface area (Å²) in [7, 11) is -3.86. The van der Waals surface area contributed by atoms with E-state index in [0.29, 0.717) is 27.4 Å². The number of thiazole rings is 1. The Labute approximate surface area is 165 Å². The molecule has 0 aliphatic heterocycles. The Morgan fingerprint density at radius 1 is 1.26 bits per heavy atom. The number of anilines is 1. The number of rotatable bonds is 5. The molecule has 6 nitrogen and oxygen atoms in total. The Kier molecular flexibility index (Phi) is 5.48. The minimum Gasteiger partial charge on any atom is -0.382 e. The van der Waals surface area contributed by atoms with Crippen molar-refractivity contribution in [3.8, 4) is 6.07 Å². The fourth-order valence-corrected chi connectivity index (χ4v) is 4.90. The molecule has 0 fully saturated rings. The number of hydrogen-bond donors (Lipinski definition) is 2. The first-order valence-corrected chi connectivity index (χ1v) is 10.5. The van der Waals surface area contributed by atoms with Crippen LogP contribution in [0.2, 0.25) is 5.02 Å². The fraction of sp³-hybridized carbons (Fsp3) is 0.111. The van der Waals surface area contributed by atoms with Crippen molar-refractivity contribution >= 4 is 38.1 Å². The summed E-state index contributed by atoms with van der Waals surface area (Å²) in [5.74, 6) is 0. The van der Waals surface area contributed by atoms with Crippen LogP contribution in [-0.2, 0) is 10.0 Å². The van der Waals surface area contributed by atoms with Crippen molar-refractivity contribution < 1.29 is 13.5 Å². The molecule has 9 heteroatoms. The van der Waals surface area contributed by atoms with Crippen LogP contribution < -0.4 is 4.72 Å². The predicted octanol–water partition coefficient (Wildman–Crippen LogP) is 3.86. The Balaban J connectivity index is 1.83. The van der Waals surface area contributed by atoms with E-state index >= 15 is 0 Å². The van der Waals surface area contributed by atoms with Gasteiger partial charge in [0.25, 0.3) is 10.0 Å². The average molecular weight is 420 g/mol. The lowest BCUT2D eigenvalue weighted by atomic mass is 10.1. The molecule has 0 bridgehead atoms. The van der Waals surface area contributed by atoms with Crippen LogP contribution in [0.4, 0.5) is 5.13 Å². The van der Waals surface area contributed by atoms with Crippen molar-refractivity contribution in [2.45, 2.75) is 17.9 Å². The van der Waals surface area contributed by atoms with Gasteiger partial charge in [0, 0.05) is 10.4 Å². The van der Waals surface area contributed by atoms with Gasteiger partial charge in [-0.3, -0.25) is 4.72 Å². The van der Waals surface area contributed by atoms with E-state index in [2.05, 4.69) is 9.71 Å². The van der Waals surface area contributed by atoms with Gasteiger partial charge in [0.05, 0.1) is 22.2 Å². The van der Waals surface area contributed by atoms with E-state index < -0.39 is 16.1 Å². The number of aliphatic hydroxyl groups is 1. The van der Waals surface area contributed by atoms with Crippen LogP contribution >= 0.6 is 22.9 Å². The molecule has 138 valence electrons. The smallest absolute Gasteiger partial charge is 0.263 e. The van der Waals surface area contributed by atoms with Gasteiger partial charge in [-0.2, -0.15) is 5.26 Å². The molecule has 1 unspecified atom stereocenters. The summed E-state index contributed by atoms with van der Waals surface area (Å²) in [5, 5.41) is 21.3. The third-order valence-electron chi connectivity index (χ3n) is 3.89. The quantitative estimate of drug-likeness (QED) is 0.653. The second kappa shape index (κ2) is 7.66. The van der Waals surface area contributed by atoms with Crippen LogP contribution in [0.3, 0.4) is 0 Å². The summed E-state index contributed by atoms with van der Waals surface area (Å²) in [6.45, 7) is 1.62. The largest absolute Gasteiger partial charge is 0.382 e. The van der Waals surface area contributed by atoms with E-state index in [1.54, 1.807) is 48.7 Å². The van der Waals surface area contributed by atoms with E-state index in [-0.39, 0.29) is 10.0 Å². The van der Waals surface area contributed by atoms with Gasteiger partial charge in [-0.05, 0) is 42.3 Å². The summed E-state index contributed by atoms with van der Waals surface area (Å²) in [4.78, 5) is 4.24. The Hall–Kier alpha value is -2.44. The number of nitriles is 1.